The van der Waals surface area contributed by atoms with E-state index in [2.05, 4.69) is 228 Å². The summed E-state index contributed by atoms with van der Waals surface area (Å²) in [7, 11) is 0. The first-order valence-electron chi connectivity index (χ1n) is 20.0. The molecule has 58 heavy (non-hydrogen) atoms. The molecule has 0 N–H and O–H groups in total. The van der Waals surface area contributed by atoms with Gasteiger partial charge in [0, 0.05) is 32.9 Å². The van der Waals surface area contributed by atoms with Gasteiger partial charge in [0.05, 0.1) is 22.1 Å². The van der Waals surface area contributed by atoms with Gasteiger partial charge < -0.3 is 9.13 Å². The highest BCUT2D eigenvalue weighted by Gasteiger charge is 2.16. The predicted molar refractivity (Wildman–Crippen MR) is 246 cm³/mol. The van der Waals surface area contributed by atoms with Crippen LogP contribution < -0.4 is 0 Å². The van der Waals surface area contributed by atoms with Crippen molar-refractivity contribution in [1.82, 2.24) is 9.13 Å². The summed E-state index contributed by atoms with van der Waals surface area (Å²) in [4.78, 5) is 0. The highest BCUT2D eigenvalue weighted by molar-refractivity contribution is 6.13. The van der Waals surface area contributed by atoms with Crippen LogP contribution >= 0.6 is 0 Å². The summed E-state index contributed by atoms with van der Waals surface area (Å²) in [5.74, 6) is 0. The standard InChI is InChI=1S/C56H36N2/c1-5-25-53-49(13-1)50-14-2-6-26-54(50)57(53)39-33-29-37(30-34-39)41-17-9-21-45-43(41)19-11-23-47(45)48-24-12-20-44-42(18-10-22-46(44)48)38-31-35-40(36-32-38)58-55-27-7-3-15-51(55)52-16-4-8-28-56(52)58/h1-36H. The second-order valence-corrected chi connectivity index (χ2v) is 15.2. The first-order valence-corrected chi connectivity index (χ1v) is 20.0. The van der Waals surface area contributed by atoms with Crippen molar-refractivity contribution in [3.63, 3.8) is 0 Å². The topological polar surface area (TPSA) is 9.86 Å². The average molecular weight is 737 g/mol. The van der Waals surface area contributed by atoms with Crippen molar-refractivity contribution in [3.05, 3.63) is 218 Å². The maximum Gasteiger partial charge on any atom is 0.0541 e. The Hall–Kier alpha value is -7.68. The van der Waals surface area contributed by atoms with Crippen LogP contribution in [0.4, 0.5) is 0 Å². The van der Waals surface area contributed by atoms with E-state index in [0.29, 0.717) is 0 Å². The molecule has 0 fully saturated rings. The van der Waals surface area contributed by atoms with Crippen LogP contribution in [-0.4, -0.2) is 9.13 Å². The van der Waals surface area contributed by atoms with E-state index in [1.165, 1.54) is 98.5 Å². The zero-order chi connectivity index (χ0) is 38.2. The predicted octanol–water partition coefficient (Wildman–Crippen LogP) is 15.2. The van der Waals surface area contributed by atoms with E-state index in [4.69, 9.17) is 0 Å². The normalized spacial score (nSPS) is 11.8. The van der Waals surface area contributed by atoms with Crippen molar-refractivity contribution < 1.29 is 0 Å². The van der Waals surface area contributed by atoms with Crippen molar-refractivity contribution in [1.29, 1.82) is 0 Å². The van der Waals surface area contributed by atoms with Crippen molar-refractivity contribution in [3.8, 4) is 44.8 Å². The first-order chi connectivity index (χ1) is 28.8. The summed E-state index contributed by atoms with van der Waals surface area (Å²) < 4.78 is 4.76. The third-order valence-corrected chi connectivity index (χ3v) is 12.2. The smallest absolute Gasteiger partial charge is 0.0541 e. The lowest BCUT2D eigenvalue weighted by atomic mass is 9.89. The van der Waals surface area contributed by atoms with E-state index in [1.807, 2.05) is 0 Å². The lowest BCUT2D eigenvalue weighted by Gasteiger charge is -2.15. The average Bonchev–Trinajstić information content (AvgIpc) is 3.82. The molecule has 12 rings (SSSR count). The molecule has 10 aromatic carbocycles. The Labute approximate surface area is 336 Å². The molecular weight excluding hydrogens is 701 g/mol. The van der Waals surface area contributed by atoms with Crippen LogP contribution in [0.25, 0.3) is 110 Å². The number of hydrogen-bond donors (Lipinski definition) is 0. The van der Waals surface area contributed by atoms with Gasteiger partial charge in [-0.1, -0.05) is 170 Å². The van der Waals surface area contributed by atoms with Crippen molar-refractivity contribution in [2.45, 2.75) is 0 Å². The Kier molecular flexibility index (Phi) is 7.26. The fourth-order valence-corrected chi connectivity index (χ4v) is 9.57. The molecule has 0 saturated heterocycles. The summed E-state index contributed by atoms with van der Waals surface area (Å²) in [6.07, 6.45) is 0. The molecule has 2 aromatic heterocycles. The van der Waals surface area contributed by atoms with Gasteiger partial charge >= 0.3 is 0 Å². The van der Waals surface area contributed by atoms with Gasteiger partial charge in [0.15, 0.2) is 0 Å². The van der Waals surface area contributed by atoms with Gasteiger partial charge in [-0.05, 0) is 103 Å². The largest absolute Gasteiger partial charge is 0.309 e. The molecule has 2 heteroatoms. The first kappa shape index (κ1) is 32.6. The number of para-hydroxylation sites is 4. The third kappa shape index (κ3) is 4.92. The summed E-state index contributed by atoms with van der Waals surface area (Å²) in [5, 5.41) is 10.1. The fraction of sp³-hybridized carbons (Fsp3) is 0. The monoisotopic (exact) mass is 736 g/mol. The van der Waals surface area contributed by atoms with E-state index < -0.39 is 0 Å². The lowest BCUT2D eigenvalue weighted by Crippen LogP contribution is -1.94. The number of aromatic nitrogens is 2. The highest BCUT2D eigenvalue weighted by Crippen LogP contribution is 2.41. The highest BCUT2D eigenvalue weighted by atomic mass is 15.0. The molecule has 12 aromatic rings. The zero-order valence-electron chi connectivity index (χ0n) is 31.7. The minimum absolute atomic E-state index is 1.16. The van der Waals surface area contributed by atoms with Gasteiger partial charge in [-0.25, -0.2) is 0 Å². The summed E-state index contributed by atoms with van der Waals surface area (Å²) in [6.45, 7) is 0. The van der Waals surface area contributed by atoms with Gasteiger partial charge in [0.2, 0.25) is 0 Å². The lowest BCUT2D eigenvalue weighted by molar-refractivity contribution is 1.18. The molecule has 0 radical (unpaired) electrons. The molecule has 0 spiro atoms. The second-order valence-electron chi connectivity index (χ2n) is 15.2. The van der Waals surface area contributed by atoms with E-state index in [0.717, 1.165) is 11.4 Å². The van der Waals surface area contributed by atoms with Gasteiger partial charge in [-0.3, -0.25) is 0 Å². The van der Waals surface area contributed by atoms with Crippen LogP contribution in [0.2, 0.25) is 0 Å². The van der Waals surface area contributed by atoms with Gasteiger partial charge in [-0.2, -0.15) is 0 Å². The van der Waals surface area contributed by atoms with E-state index in [1.54, 1.807) is 0 Å². The van der Waals surface area contributed by atoms with Crippen LogP contribution in [0.1, 0.15) is 0 Å². The third-order valence-electron chi connectivity index (χ3n) is 12.2. The SMILES string of the molecule is c1cc(-c2cccc3c(-c4ccc(-n5c6ccccc6c6ccccc65)cc4)cccc23)c2cccc(-c3ccc(-n4c5ccccc5c5ccccc54)cc3)c2c1. The molecule has 2 nitrogen and oxygen atoms in total. The quantitative estimate of drug-likeness (QED) is 0.167. The Balaban J connectivity index is 0.930. The van der Waals surface area contributed by atoms with Crippen LogP contribution in [-0.2, 0) is 0 Å². The molecular formula is C56H36N2. The molecule has 0 bridgehead atoms. The summed E-state index contributed by atoms with van der Waals surface area (Å²) in [5.41, 5.74) is 14.6. The number of fused-ring (bicyclic) bond motifs is 8. The van der Waals surface area contributed by atoms with Gasteiger partial charge in [-0.15, -0.1) is 0 Å². The molecule has 0 aliphatic rings. The maximum atomic E-state index is 2.38. The summed E-state index contributed by atoms with van der Waals surface area (Å²) >= 11 is 0. The Morgan fingerprint density at radius 1 is 0.190 bits per heavy atom. The van der Waals surface area contributed by atoms with E-state index in [-0.39, 0.29) is 0 Å². The number of benzene rings is 10. The van der Waals surface area contributed by atoms with Crippen molar-refractivity contribution in [2.24, 2.45) is 0 Å². The molecule has 0 aliphatic carbocycles. The van der Waals surface area contributed by atoms with Crippen LogP contribution in [0.5, 0.6) is 0 Å². The van der Waals surface area contributed by atoms with Crippen molar-refractivity contribution in [2.75, 3.05) is 0 Å². The van der Waals surface area contributed by atoms with E-state index in [9.17, 15) is 0 Å². The van der Waals surface area contributed by atoms with E-state index >= 15 is 0 Å². The van der Waals surface area contributed by atoms with Crippen LogP contribution in [0.3, 0.4) is 0 Å². The van der Waals surface area contributed by atoms with Gasteiger partial charge in [0.25, 0.3) is 0 Å². The zero-order valence-corrected chi connectivity index (χ0v) is 31.7. The minimum Gasteiger partial charge on any atom is -0.309 e. The number of hydrogen-bond acceptors (Lipinski definition) is 0. The van der Waals surface area contributed by atoms with Crippen LogP contribution in [0.15, 0.2) is 218 Å². The fourth-order valence-electron chi connectivity index (χ4n) is 9.57. The molecule has 0 aliphatic heterocycles. The van der Waals surface area contributed by atoms with Crippen LogP contribution in [0, 0.1) is 0 Å². The Morgan fingerprint density at radius 2 is 0.448 bits per heavy atom. The Morgan fingerprint density at radius 3 is 0.776 bits per heavy atom. The minimum atomic E-state index is 1.16. The Bertz CT molecular complexity index is 3200. The molecule has 0 unspecified atom stereocenters. The number of rotatable bonds is 5. The molecule has 0 atom stereocenters. The van der Waals surface area contributed by atoms with Gasteiger partial charge in [0.1, 0.15) is 0 Å². The maximum absolute atomic E-state index is 2.38. The molecule has 0 saturated carbocycles. The molecule has 270 valence electrons. The summed E-state index contributed by atoms with van der Waals surface area (Å²) in [6, 6.07) is 79.9. The molecule has 2 heterocycles. The van der Waals surface area contributed by atoms with Crippen molar-refractivity contribution >= 4 is 65.2 Å². The number of nitrogens with zero attached hydrogens (tertiary/aromatic N) is 2. The molecule has 0 amide bonds. The second kappa shape index (κ2) is 12.9.